The Kier molecular flexibility index (Phi) is 5.67. The highest BCUT2D eigenvalue weighted by atomic mass is 19.4. The molecular weight excluding hydrogens is 385 g/mol. The second kappa shape index (κ2) is 8.02. The Balaban J connectivity index is 1.87. The van der Waals surface area contributed by atoms with Crippen molar-refractivity contribution < 1.29 is 22.8 Å². The molecule has 1 aliphatic rings. The van der Waals surface area contributed by atoms with Gasteiger partial charge in [0, 0.05) is 38.6 Å². The van der Waals surface area contributed by atoms with Gasteiger partial charge in [-0.05, 0) is 36.8 Å². The topological polar surface area (TPSA) is 66.4 Å². The average Bonchev–Trinajstić information content (AvgIpc) is 2.72. The van der Waals surface area contributed by atoms with Gasteiger partial charge in [0.05, 0.1) is 11.1 Å². The van der Waals surface area contributed by atoms with Crippen LogP contribution in [0.25, 0.3) is 0 Å². The Morgan fingerprint density at radius 1 is 1.17 bits per heavy atom. The molecule has 1 saturated heterocycles. The van der Waals surface area contributed by atoms with E-state index in [1.54, 1.807) is 23.2 Å². The number of carbonyl (C=O) groups is 2. The fraction of sp³-hybridized carbons (Fsp3) is 0.300. The Labute approximate surface area is 165 Å². The van der Waals surface area contributed by atoms with Crippen molar-refractivity contribution in [3.8, 4) is 0 Å². The maximum atomic E-state index is 13.0. The number of carbonyl (C=O) groups excluding carboxylic acids is 2. The highest BCUT2D eigenvalue weighted by Crippen LogP contribution is 2.30. The van der Waals surface area contributed by atoms with E-state index in [-0.39, 0.29) is 22.7 Å². The minimum absolute atomic E-state index is 0.0484. The number of aryl methyl sites for hydroxylation is 1. The number of piperazine rings is 1. The molecule has 1 fully saturated rings. The zero-order chi connectivity index (χ0) is 21.2. The van der Waals surface area contributed by atoms with E-state index < -0.39 is 17.5 Å². The van der Waals surface area contributed by atoms with Gasteiger partial charge in [0.15, 0.2) is 0 Å². The van der Waals surface area contributed by atoms with Crippen LogP contribution in [0, 0.1) is 6.92 Å². The standard InChI is InChI=1S/C20H19F3N4O2/c1-3-16(28)26-7-9-27(10-8-26)19-15(5-4-6-24-19)18(29)17-13(2)11-14(12-25-17)20(21,22)23/h3-6,11-12H,1,7-10H2,2H3. The summed E-state index contributed by atoms with van der Waals surface area (Å²) in [5.74, 6) is -0.236. The van der Waals surface area contributed by atoms with E-state index in [1.807, 2.05) is 4.90 Å². The van der Waals surface area contributed by atoms with E-state index >= 15 is 0 Å². The number of rotatable bonds is 4. The summed E-state index contributed by atoms with van der Waals surface area (Å²) in [5, 5.41) is 0. The number of amides is 1. The summed E-state index contributed by atoms with van der Waals surface area (Å²) < 4.78 is 38.6. The van der Waals surface area contributed by atoms with Crippen molar-refractivity contribution in [1.29, 1.82) is 0 Å². The Bertz CT molecular complexity index is 951. The summed E-state index contributed by atoms with van der Waals surface area (Å²) in [4.78, 5) is 36.4. The zero-order valence-corrected chi connectivity index (χ0v) is 15.7. The molecule has 2 aromatic heterocycles. The molecule has 0 saturated carbocycles. The van der Waals surface area contributed by atoms with Gasteiger partial charge in [-0.25, -0.2) is 4.98 Å². The van der Waals surface area contributed by atoms with Gasteiger partial charge in [0.25, 0.3) is 0 Å². The van der Waals surface area contributed by atoms with Crippen molar-refractivity contribution in [2.24, 2.45) is 0 Å². The molecule has 0 N–H and O–H groups in total. The molecule has 152 valence electrons. The van der Waals surface area contributed by atoms with Crippen molar-refractivity contribution in [3.05, 3.63) is 65.6 Å². The number of alkyl halides is 3. The van der Waals surface area contributed by atoms with Crippen molar-refractivity contribution in [2.75, 3.05) is 31.1 Å². The molecular formula is C20H19F3N4O2. The van der Waals surface area contributed by atoms with E-state index in [9.17, 15) is 22.8 Å². The second-order valence-corrected chi connectivity index (χ2v) is 6.61. The Morgan fingerprint density at radius 2 is 1.86 bits per heavy atom. The number of anilines is 1. The first-order valence-electron chi connectivity index (χ1n) is 8.92. The maximum absolute atomic E-state index is 13.0. The van der Waals surface area contributed by atoms with Crippen LogP contribution < -0.4 is 4.90 Å². The first-order valence-corrected chi connectivity index (χ1v) is 8.92. The normalized spacial score (nSPS) is 14.6. The largest absolute Gasteiger partial charge is 0.417 e. The molecule has 9 heteroatoms. The highest BCUT2D eigenvalue weighted by molar-refractivity contribution is 6.11. The lowest BCUT2D eigenvalue weighted by Gasteiger charge is -2.35. The van der Waals surface area contributed by atoms with Gasteiger partial charge >= 0.3 is 6.18 Å². The van der Waals surface area contributed by atoms with Crippen LogP contribution in [0.2, 0.25) is 0 Å². The summed E-state index contributed by atoms with van der Waals surface area (Å²) in [6.45, 7) is 6.74. The molecule has 0 atom stereocenters. The maximum Gasteiger partial charge on any atom is 0.417 e. The van der Waals surface area contributed by atoms with Crippen LogP contribution in [0.15, 0.2) is 43.2 Å². The second-order valence-electron chi connectivity index (χ2n) is 6.61. The molecule has 1 aliphatic heterocycles. The molecule has 0 bridgehead atoms. The lowest BCUT2D eigenvalue weighted by Crippen LogP contribution is -2.49. The van der Waals surface area contributed by atoms with Crippen LogP contribution in [-0.2, 0) is 11.0 Å². The third-order valence-corrected chi connectivity index (χ3v) is 4.72. The molecule has 0 aliphatic carbocycles. The van der Waals surface area contributed by atoms with Crippen molar-refractivity contribution in [1.82, 2.24) is 14.9 Å². The van der Waals surface area contributed by atoms with E-state index in [1.165, 1.54) is 13.0 Å². The summed E-state index contributed by atoms with van der Waals surface area (Å²) in [5.41, 5.74) is -0.555. The van der Waals surface area contributed by atoms with Crippen LogP contribution >= 0.6 is 0 Å². The Morgan fingerprint density at radius 3 is 2.45 bits per heavy atom. The van der Waals surface area contributed by atoms with Gasteiger partial charge in [-0.15, -0.1) is 0 Å². The summed E-state index contributed by atoms with van der Waals surface area (Å²) >= 11 is 0. The smallest absolute Gasteiger partial charge is 0.352 e. The molecule has 0 radical (unpaired) electrons. The van der Waals surface area contributed by atoms with Gasteiger partial charge in [-0.1, -0.05) is 6.58 Å². The number of nitrogens with zero attached hydrogens (tertiary/aromatic N) is 4. The number of halogens is 3. The van der Waals surface area contributed by atoms with Crippen molar-refractivity contribution >= 4 is 17.5 Å². The number of hydrogen-bond acceptors (Lipinski definition) is 5. The predicted molar refractivity (Wildman–Crippen MR) is 101 cm³/mol. The summed E-state index contributed by atoms with van der Waals surface area (Å²) in [7, 11) is 0. The van der Waals surface area contributed by atoms with Crippen LogP contribution in [-0.4, -0.2) is 52.7 Å². The van der Waals surface area contributed by atoms with Crippen LogP contribution in [0.5, 0.6) is 0 Å². The summed E-state index contributed by atoms with van der Waals surface area (Å²) in [6, 6.07) is 4.08. The Hall–Kier alpha value is -3.23. The van der Waals surface area contributed by atoms with Crippen LogP contribution in [0.3, 0.4) is 0 Å². The minimum Gasteiger partial charge on any atom is -0.352 e. The van der Waals surface area contributed by atoms with Gasteiger partial charge in [0.1, 0.15) is 11.5 Å². The zero-order valence-electron chi connectivity index (χ0n) is 15.7. The van der Waals surface area contributed by atoms with E-state index in [2.05, 4.69) is 16.5 Å². The molecule has 0 unspecified atom stereocenters. The number of aromatic nitrogens is 2. The number of hydrogen-bond donors (Lipinski definition) is 0. The lowest BCUT2D eigenvalue weighted by molar-refractivity contribution is -0.137. The fourth-order valence-corrected chi connectivity index (χ4v) is 3.19. The molecule has 0 spiro atoms. The first kappa shape index (κ1) is 20.5. The highest BCUT2D eigenvalue weighted by Gasteiger charge is 2.32. The first-order chi connectivity index (χ1) is 13.7. The van der Waals surface area contributed by atoms with Crippen molar-refractivity contribution in [3.63, 3.8) is 0 Å². The molecule has 3 heterocycles. The SMILES string of the molecule is C=CC(=O)N1CCN(c2ncccc2C(=O)c2ncc(C(F)(F)F)cc2C)CC1. The van der Waals surface area contributed by atoms with E-state index in [0.717, 1.165) is 6.07 Å². The van der Waals surface area contributed by atoms with Gasteiger partial charge < -0.3 is 9.80 Å². The van der Waals surface area contributed by atoms with E-state index in [4.69, 9.17) is 0 Å². The van der Waals surface area contributed by atoms with Crippen molar-refractivity contribution in [2.45, 2.75) is 13.1 Å². The predicted octanol–water partition coefficient (Wildman–Crippen LogP) is 2.87. The summed E-state index contributed by atoms with van der Waals surface area (Å²) in [6.07, 6.45) is -1.07. The van der Waals surface area contributed by atoms with E-state index in [0.29, 0.717) is 38.2 Å². The molecule has 0 aromatic carbocycles. The molecule has 3 rings (SSSR count). The van der Waals surface area contributed by atoms with Crippen LogP contribution in [0.4, 0.5) is 19.0 Å². The van der Waals surface area contributed by atoms with Gasteiger partial charge in [0.2, 0.25) is 11.7 Å². The third-order valence-electron chi connectivity index (χ3n) is 4.72. The number of pyridine rings is 2. The third kappa shape index (κ3) is 4.28. The molecule has 2 aromatic rings. The minimum atomic E-state index is -4.53. The molecule has 6 nitrogen and oxygen atoms in total. The molecule has 29 heavy (non-hydrogen) atoms. The lowest BCUT2D eigenvalue weighted by atomic mass is 10.0. The quantitative estimate of drug-likeness (QED) is 0.579. The van der Waals surface area contributed by atoms with Crippen LogP contribution in [0.1, 0.15) is 27.2 Å². The average molecular weight is 404 g/mol. The van der Waals surface area contributed by atoms with Gasteiger partial charge in [-0.3, -0.25) is 14.6 Å². The molecule has 1 amide bonds. The number of ketones is 1. The fourth-order valence-electron chi connectivity index (χ4n) is 3.19. The monoisotopic (exact) mass is 404 g/mol. The van der Waals surface area contributed by atoms with Gasteiger partial charge in [-0.2, -0.15) is 13.2 Å².